The summed E-state index contributed by atoms with van der Waals surface area (Å²) in [6.07, 6.45) is 0. The largest absolute Gasteiger partial charge is 0.459 e. The molecule has 106 valence electrons. The highest BCUT2D eigenvalue weighted by Crippen LogP contribution is 2.26. The molecule has 0 heterocycles. The molecule has 0 aliphatic carbocycles. The highest BCUT2D eigenvalue weighted by molar-refractivity contribution is 9.10. The van der Waals surface area contributed by atoms with Crippen LogP contribution in [0.2, 0.25) is 5.02 Å². The van der Waals surface area contributed by atoms with E-state index in [-0.39, 0.29) is 18.6 Å². The van der Waals surface area contributed by atoms with Crippen LogP contribution in [-0.2, 0) is 9.53 Å². The van der Waals surface area contributed by atoms with Crippen LogP contribution in [0.4, 0.5) is 0 Å². The van der Waals surface area contributed by atoms with Crippen molar-refractivity contribution in [3.63, 3.8) is 0 Å². The molecule has 1 unspecified atom stereocenters. The van der Waals surface area contributed by atoms with Crippen LogP contribution in [0.15, 0.2) is 22.7 Å². The SMILES string of the molecule is CC(NCC(=O)OC(C)(C)C)c1ccc(Br)cc1Cl. The first-order valence-corrected chi connectivity index (χ1v) is 7.26. The van der Waals surface area contributed by atoms with Crippen LogP contribution in [0.3, 0.4) is 0 Å². The van der Waals surface area contributed by atoms with Gasteiger partial charge in [-0.1, -0.05) is 33.6 Å². The Morgan fingerprint density at radius 1 is 1.47 bits per heavy atom. The Kier molecular flexibility index (Phi) is 5.83. The van der Waals surface area contributed by atoms with Gasteiger partial charge >= 0.3 is 5.97 Å². The van der Waals surface area contributed by atoms with E-state index >= 15 is 0 Å². The minimum Gasteiger partial charge on any atom is -0.459 e. The second kappa shape index (κ2) is 6.73. The normalized spacial score (nSPS) is 13.2. The number of carbonyl (C=O) groups is 1. The molecule has 0 radical (unpaired) electrons. The van der Waals surface area contributed by atoms with Gasteiger partial charge in [0.2, 0.25) is 0 Å². The quantitative estimate of drug-likeness (QED) is 0.833. The fourth-order valence-electron chi connectivity index (χ4n) is 1.58. The molecule has 19 heavy (non-hydrogen) atoms. The number of halogens is 2. The number of rotatable bonds is 4. The average molecular weight is 349 g/mol. The van der Waals surface area contributed by atoms with Crippen molar-refractivity contribution in [3.8, 4) is 0 Å². The first kappa shape index (κ1) is 16.5. The van der Waals surface area contributed by atoms with Crippen molar-refractivity contribution in [1.82, 2.24) is 5.32 Å². The zero-order valence-electron chi connectivity index (χ0n) is 11.6. The smallest absolute Gasteiger partial charge is 0.320 e. The number of nitrogens with one attached hydrogen (secondary N) is 1. The zero-order chi connectivity index (χ0) is 14.6. The first-order chi connectivity index (χ1) is 8.69. The fraction of sp³-hybridized carbons (Fsp3) is 0.500. The van der Waals surface area contributed by atoms with E-state index in [1.807, 2.05) is 45.9 Å². The number of ether oxygens (including phenoxy) is 1. The van der Waals surface area contributed by atoms with E-state index < -0.39 is 5.60 Å². The van der Waals surface area contributed by atoms with Crippen LogP contribution in [0, 0.1) is 0 Å². The third-order valence-electron chi connectivity index (χ3n) is 2.40. The molecule has 0 bridgehead atoms. The molecule has 1 aromatic carbocycles. The molecule has 0 spiro atoms. The van der Waals surface area contributed by atoms with E-state index in [1.54, 1.807) is 0 Å². The summed E-state index contributed by atoms with van der Waals surface area (Å²) in [4.78, 5) is 11.6. The van der Waals surface area contributed by atoms with Crippen molar-refractivity contribution in [2.75, 3.05) is 6.54 Å². The second-order valence-electron chi connectivity index (χ2n) is 5.35. The summed E-state index contributed by atoms with van der Waals surface area (Å²) in [5, 5.41) is 3.77. The molecule has 1 aromatic rings. The lowest BCUT2D eigenvalue weighted by Gasteiger charge is -2.21. The van der Waals surface area contributed by atoms with E-state index in [2.05, 4.69) is 21.2 Å². The molecule has 0 saturated heterocycles. The molecule has 0 amide bonds. The summed E-state index contributed by atoms with van der Waals surface area (Å²) < 4.78 is 6.16. The van der Waals surface area contributed by atoms with Crippen LogP contribution in [0.5, 0.6) is 0 Å². The Morgan fingerprint density at radius 2 is 2.11 bits per heavy atom. The van der Waals surface area contributed by atoms with Crippen molar-refractivity contribution in [3.05, 3.63) is 33.3 Å². The van der Waals surface area contributed by atoms with Gasteiger partial charge in [-0.3, -0.25) is 4.79 Å². The predicted molar refractivity (Wildman–Crippen MR) is 81.4 cm³/mol. The fourth-order valence-corrected chi connectivity index (χ4v) is 2.41. The molecule has 1 atom stereocenters. The molecule has 3 nitrogen and oxygen atoms in total. The number of hydrogen-bond acceptors (Lipinski definition) is 3. The Labute approximate surface area is 127 Å². The van der Waals surface area contributed by atoms with Crippen LogP contribution in [0.25, 0.3) is 0 Å². The highest BCUT2D eigenvalue weighted by Gasteiger charge is 2.17. The lowest BCUT2D eigenvalue weighted by Crippen LogP contribution is -2.32. The molecule has 0 aliphatic heterocycles. The Bertz CT molecular complexity index is 457. The van der Waals surface area contributed by atoms with Crippen molar-refractivity contribution < 1.29 is 9.53 Å². The minimum atomic E-state index is -0.461. The van der Waals surface area contributed by atoms with Crippen LogP contribution < -0.4 is 5.32 Å². The van der Waals surface area contributed by atoms with Crippen molar-refractivity contribution in [1.29, 1.82) is 0 Å². The Morgan fingerprint density at radius 3 is 2.63 bits per heavy atom. The highest BCUT2D eigenvalue weighted by atomic mass is 79.9. The van der Waals surface area contributed by atoms with E-state index in [0.717, 1.165) is 10.0 Å². The maximum Gasteiger partial charge on any atom is 0.320 e. The van der Waals surface area contributed by atoms with E-state index in [4.69, 9.17) is 16.3 Å². The molecular weight excluding hydrogens is 330 g/mol. The standard InChI is InChI=1S/C14H19BrClNO2/c1-9(11-6-5-10(15)7-12(11)16)17-8-13(18)19-14(2,3)4/h5-7,9,17H,8H2,1-4H3. The van der Waals surface area contributed by atoms with E-state index in [0.29, 0.717) is 5.02 Å². The summed E-state index contributed by atoms with van der Waals surface area (Å²) in [6, 6.07) is 5.67. The molecule has 0 aromatic heterocycles. The summed E-state index contributed by atoms with van der Waals surface area (Å²) in [5.74, 6) is -0.271. The Hall–Kier alpha value is -0.580. The summed E-state index contributed by atoms with van der Waals surface area (Å²) >= 11 is 9.52. The molecule has 1 rings (SSSR count). The third-order valence-corrected chi connectivity index (χ3v) is 3.22. The van der Waals surface area contributed by atoms with Gasteiger partial charge in [0.05, 0.1) is 6.54 Å². The summed E-state index contributed by atoms with van der Waals surface area (Å²) in [7, 11) is 0. The van der Waals surface area contributed by atoms with Gasteiger partial charge in [0, 0.05) is 15.5 Å². The molecule has 0 fully saturated rings. The predicted octanol–water partition coefficient (Wildman–Crippen LogP) is 4.09. The van der Waals surface area contributed by atoms with Gasteiger partial charge in [0.1, 0.15) is 5.60 Å². The second-order valence-corrected chi connectivity index (χ2v) is 6.68. The van der Waals surface area contributed by atoms with Crippen molar-refractivity contribution in [2.24, 2.45) is 0 Å². The van der Waals surface area contributed by atoms with Gasteiger partial charge in [-0.25, -0.2) is 0 Å². The van der Waals surface area contributed by atoms with E-state index in [1.165, 1.54) is 0 Å². The van der Waals surface area contributed by atoms with E-state index in [9.17, 15) is 4.79 Å². The van der Waals surface area contributed by atoms with Crippen LogP contribution in [-0.4, -0.2) is 18.1 Å². The molecule has 1 N–H and O–H groups in total. The first-order valence-electron chi connectivity index (χ1n) is 6.09. The summed E-state index contributed by atoms with van der Waals surface area (Å²) in [6.45, 7) is 7.66. The lowest BCUT2D eigenvalue weighted by molar-refractivity contribution is -0.153. The number of carbonyl (C=O) groups excluding carboxylic acids is 1. The molecular formula is C14H19BrClNO2. The summed E-state index contributed by atoms with van der Waals surface area (Å²) in [5.41, 5.74) is 0.491. The zero-order valence-corrected chi connectivity index (χ0v) is 13.9. The number of esters is 1. The topological polar surface area (TPSA) is 38.3 Å². The van der Waals surface area contributed by atoms with Crippen LogP contribution >= 0.6 is 27.5 Å². The minimum absolute atomic E-state index is 0.0203. The number of benzene rings is 1. The average Bonchev–Trinajstić information content (AvgIpc) is 2.23. The van der Waals surface area contributed by atoms with Crippen molar-refractivity contribution >= 4 is 33.5 Å². The maximum atomic E-state index is 11.6. The van der Waals surface area contributed by atoms with Gasteiger partial charge in [0.15, 0.2) is 0 Å². The third kappa shape index (κ3) is 5.93. The van der Waals surface area contributed by atoms with Gasteiger partial charge in [-0.2, -0.15) is 0 Å². The van der Waals surface area contributed by atoms with Gasteiger partial charge in [-0.15, -0.1) is 0 Å². The van der Waals surface area contributed by atoms with Gasteiger partial charge in [0.25, 0.3) is 0 Å². The van der Waals surface area contributed by atoms with Crippen molar-refractivity contribution in [2.45, 2.75) is 39.3 Å². The Balaban J connectivity index is 2.56. The van der Waals surface area contributed by atoms with Crippen LogP contribution in [0.1, 0.15) is 39.3 Å². The molecule has 5 heteroatoms. The molecule has 0 aliphatic rings. The maximum absolute atomic E-state index is 11.6. The lowest BCUT2D eigenvalue weighted by atomic mass is 10.1. The number of hydrogen-bond donors (Lipinski definition) is 1. The van der Waals surface area contributed by atoms with Gasteiger partial charge in [-0.05, 0) is 45.4 Å². The van der Waals surface area contributed by atoms with Gasteiger partial charge < -0.3 is 10.1 Å². The molecule has 0 saturated carbocycles. The monoisotopic (exact) mass is 347 g/mol.